The number of hydrogen-bond acceptors (Lipinski definition) is 4. The predicted octanol–water partition coefficient (Wildman–Crippen LogP) is 0.925. The van der Waals surface area contributed by atoms with Gasteiger partial charge in [0.05, 0.1) is 0 Å². The molecule has 2 N–H and O–H groups in total. The minimum Gasteiger partial charge on any atom is -0.480 e. The second kappa shape index (κ2) is 6.48. The van der Waals surface area contributed by atoms with Gasteiger partial charge in [-0.2, -0.15) is 0 Å². The summed E-state index contributed by atoms with van der Waals surface area (Å²) in [5.41, 5.74) is 0. The topological polar surface area (TPSA) is 75.6 Å². The Morgan fingerprint density at radius 3 is 2.75 bits per heavy atom. The van der Waals surface area contributed by atoms with Gasteiger partial charge < -0.3 is 15.2 Å². The van der Waals surface area contributed by atoms with Crippen LogP contribution < -0.4 is 5.32 Å². The fourth-order valence-electron chi connectivity index (χ4n) is 1.75. The lowest BCUT2D eigenvalue weighted by atomic mass is 10.2. The van der Waals surface area contributed by atoms with E-state index in [0.29, 0.717) is 19.4 Å². The minimum absolute atomic E-state index is 0.216. The van der Waals surface area contributed by atoms with Crippen LogP contribution in [0.5, 0.6) is 0 Å². The molecular weight excluding hydrogens is 210 g/mol. The first-order valence-electron chi connectivity index (χ1n) is 5.79. The summed E-state index contributed by atoms with van der Waals surface area (Å²) >= 11 is 0. The second-order valence-corrected chi connectivity index (χ2v) is 4.10. The maximum absolute atomic E-state index is 11.4. The number of carboxylic acids is 1. The SMILES string of the molecule is CCCCCC(=O)O[C@H]1CN[C@H](C(=O)O)C1. The lowest BCUT2D eigenvalue weighted by Gasteiger charge is -2.10. The molecule has 0 aromatic rings. The van der Waals surface area contributed by atoms with E-state index in [1.54, 1.807) is 0 Å². The zero-order valence-electron chi connectivity index (χ0n) is 9.57. The molecule has 0 aromatic carbocycles. The average molecular weight is 229 g/mol. The molecule has 1 fully saturated rings. The van der Waals surface area contributed by atoms with Crippen LogP contribution >= 0.6 is 0 Å². The molecule has 0 bridgehead atoms. The third-order valence-electron chi connectivity index (χ3n) is 2.67. The highest BCUT2D eigenvalue weighted by Crippen LogP contribution is 2.12. The summed E-state index contributed by atoms with van der Waals surface area (Å²) in [5.74, 6) is -1.10. The van der Waals surface area contributed by atoms with Crippen LogP contribution in [0.1, 0.15) is 39.0 Å². The van der Waals surface area contributed by atoms with Gasteiger partial charge in [0.1, 0.15) is 12.1 Å². The largest absolute Gasteiger partial charge is 0.480 e. The van der Waals surface area contributed by atoms with Crippen LogP contribution in [0.2, 0.25) is 0 Å². The number of carbonyl (C=O) groups is 2. The van der Waals surface area contributed by atoms with Crippen molar-refractivity contribution in [3.63, 3.8) is 0 Å². The Labute approximate surface area is 95.2 Å². The molecular formula is C11H19NO4. The Kier molecular flexibility index (Phi) is 5.25. The van der Waals surface area contributed by atoms with E-state index in [2.05, 4.69) is 12.2 Å². The fourth-order valence-corrected chi connectivity index (χ4v) is 1.75. The summed E-state index contributed by atoms with van der Waals surface area (Å²) in [7, 11) is 0. The lowest BCUT2D eigenvalue weighted by Crippen LogP contribution is -2.30. The number of esters is 1. The molecule has 0 unspecified atom stereocenters. The van der Waals surface area contributed by atoms with E-state index in [-0.39, 0.29) is 12.1 Å². The van der Waals surface area contributed by atoms with Gasteiger partial charge in [-0.25, -0.2) is 0 Å². The van der Waals surface area contributed by atoms with Crippen LogP contribution in [0.15, 0.2) is 0 Å². The smallest absolute Gasteiger partial charge is 0.320 e. The molecule has 92 valence electrons. The Balaban J connectivity index is 2.18. The standard InChI is InChI=1S/C11H19NO4/c1-2-3-4-5-10(13)16-8-6-9(11(14)15)12-7-8/h8-9,12H,2-7H2,1H3,(H,14,15)/t8-,9+/m1/s1. The van der Waals surface area contributed by atoms with Gasteiger partial charge in [-0.15, -0.1) is 0 Å². The number of hydrogen-bond donors (Lipinski definition) is 2. The Bertz CT molecular complexity index is 254. The molecule has 1 aliphatic rings. The molecule has 1 heterocycles. The van der Waals surface area contributed by atoms with E-state index >= 15 is 0 Å². The Morgan fingerprint density at radius 1 is 1.44 bits per heavy atom. The van der Waals surface area contributed by atoms with Gasteiger partial charge in [0.2, 0.25) is 0 Å². The molecule has 0 radical (unpaired) electrons. The second-order valence-electron chi connectivity index (χ2n) is 4.10. The number of nitrogens with one attached hydrogen (secondary N) is 1. The highest BCUT2D eigenvalue weighted by molar-refractivity contribution is 5.74. The highest BCUT2D eigenvalue weighted by Gasteiger charge is 2.31. The van der Waals surface area contributed by atoms with Gasteiger partial charge in [-0.05, 0) is 6.42 Å². The summed E-state index contributed by atoms with van der Waals surface area (Å²) in [6, 6.07) is -0.576. The van der Waals surface area contributed by atoms with Gasteiger partial charge >= 0.3 is 11.9 Å². The van der Waals surface area contributed by atoms with E-state index in [9.17, 15) is 9.59 Å². The van der Waals surface area contributed by atoms with E-state index in [1.807, 2.05) is 0 Å². The quantitative estimate of drug-likeness (QED) is 0.523. The van der Waals surface area contributed by atoms with Gasteiger partial charge in [0.25, 0.3) is 0 Å². The molecule has 0 amide bonds. The molecule has 0 saturated carbocycles. The molecule has 2 atom stereocenters. The van der Waals surface area contributed by atoms with Crippen molar-refractivity contribution >= 4 is 11.9 Å². The predicted molar refractivity (Wildman–Crippen MR) is 58.1 cm³/mol. The van der Waals surface area contributed by atoms with Crippen LogP contribution in [0.25, 0.3) is 0 Å². The molecule has 5 heteroatoms. The summed E-state index contributed by atoms with van der Waals surface area (Å²) in [4.78, 5) is 22.0. The first-order valence-corrected chi connectivity index (χ1v) is 5.79. The van der Waals surface area contributed by atoms with Gasteiger partial charge in [-0.3, -0.25) is 9.59 Å². The van der Waals surface area contributed by atoms with Crippen LogP contribution in [-0.4, -0.2) is 35.7 Å². The molecule has 0 aliphatic carbocycles. The molecule has 1 aliphatic heterocycles. The zero-order chi connectivity index (χ0) is 12.0. The van der Waals surface area contributed by atoms with E-state index < -0.39 is 12.0 Å². The average Bonchev–Trinajstić information content (AvgIpc) is 2.66. The Hall–Kier alpha value is -1.10. The fraction of sp³-hybridized carbons (Fsp3) is 0.818. The van der Waals surface area contributed by atoms with Crippen molar-refractivity contribution in [1.82, 2.24) is 5.32 Å². The normalized spacial score (nSPS) is 24.3. The molecule has 0 aromatic heterocycles. The number of carbonyl (C=O) groups excluding carboxylic acids is 1. The molecule has 1 rings (SSSR count). The van der Waals surface area contributed by atoms with Crippen molar-refractivity contribution in [3.05, 3.63) is 0 Å². The van der Waals surface area contributed by atoms with Crippen molar-refractivity contribution in [2.45, 2.75) is 51.2 Å². The van der Waals surface area contributed by atoms with Gasteiger partial charge in [0.15, 0.2) is 0 Å². The summed E-state index contributed by atoms with van der Waals surface area (Å²) in [5, 5.41) is 11.5. The monoisotopic (exact) mass is 229 g/mol. The van der Waals surface area contributed by atoms with E-state index in [1.165, 1.54) is 0 Å². The number of rotatable bonds is 6. The molecule has 5 nitrogen and oxygen atoms in total. The number of aliphatic carboxylic acids is 1. The number of carboxylic acid groups (broad SMARTS) is 1. The third kappa shape index (κ3) is 4.18. The van der Waals surface area contributed by atoms with Crippen molar-refractivity contribution in [2.24, 2.45) is 0 Å². The van der Waals surface area contributed by atoms with E-state index in [0.717, 1.165) is 19.3 Å². The Morgan fingerprint density at radius 2 is 2.19 bits per heavy atom. The summed E-state index contributed by atoms with van der Waals surface area (Å²) in [6.45, 7) is 2.51. The maximum atomic E-state index is 11.4. The third-order valence-corrected chi connectivity index (χ3v) is 2.67. The van der Waals surface area contributed by atoms with Crippen molar-refractivity contribution < 1.29 is 19.4 Å². The van der Waals surface area contributed by atoms with Crippen LogP contribution in [0, 0.1) is 0 Å². The maximum Gasteiger partial charge on any atom is 0.320 e. The molecule has 16 heavy (non-hydrogen) atoms. The van der Waals surface area contributed by atoms with Crippen LogP contribution in [0.3, 0.4) is 0 Å². The lowest BCUT2D eigenvalue weighted by molar-refractivity contribution is -0.149. The van der Waals surface area contributed by atoms with E-state index in [4.69, 9.17) is 9.84 Å². The van der Waals surface area contributed by atoms with Gasteiger partial charge in [-0.1, -0.05) is 19.8 Å². The summed E-state index contributed by atoms with van der Waals surface area (Å²) < 4.78 is 5.17. The molecule has 1 saturated heterocycles. The van der Waals surface area contributed by atoms with Gasteiger partial charge in [0, 0.05) is 19.4 Å². The number of ether oxygens (including phenoxy) is 1. The van der Waals surface area contributed by atoms with Crippen molar-refractivity contribution in [1.29, 1.82) is 0 Å². The first-order chi connectivity index (χ1) is 7.63. The van der Waals surface area contributed by atoms with Crippen LogP contribution in [-0.2, 0) is 14.3 Å². The zero-order valence-corrected chi connectivity index (χ0v) is 9.57. The minimum atomic E-state index is -0.885. The van der Waals surface area contributed by atoms with Crippen LogP contribution in [0.4, 0.5) is 0 Å². The van der Waals surface area contributed by atoms with Crippen molar-refractivity contribution in [2.75, 3.05) is 6.54 Å². The first kappa shape index (κ1) is 13.0. The summed E-state index contributed by atoms with van der Waals surface area (Å²) in [6.07, 6.45) is 3.46. The highest BCUT2D eigenvalue weighted by atomic mass is 16.5. The van der Waals surface area contributed by atoms with Crippen molar-refractivity contribution in [3.8, 4) is 0 Å². The molecule has 0 spiro atoms. The number of unbranched alkanes of at least 4 members (excludes halogenated alkanes) is 2.